The molecule has 1 saturated carbocycles. The molecule has 2 aromatic carbocycles. The van der Waals surface area contributed by atoms with Crippen LogP contribution in [0.4, 0.5) is 5.69 Å². The van der Waals surface area contributed by atoms with Crippen molar-refractivity contribution in [3.63, 3.8) is 0 Å². The van der Waals surface area contributed by atoms with Crippen molar-refractivity contribution in [2.24, 2.45) is 4.99 Å². The number of aliphatic carboxylic acids is 1. The second-order valence-corrected chi connectivity index (χ2v) is 14.7. The molecular weight excluding hydrogens is 590 g/mol. The Morgan fingerprint density at radius 2 is 1.90 bits per heavy atom. The Hall–Kier alpha value is -3.99. The van der Waals surface area contributed by atoms with E-state index >= 15 is 0 Å². The van der Waals surface area contributed by atoms with E-state index in [9.17, 15) is 9.90 Å². The van der Waals surface area contributed by atoms with Crippen LogP contribution in [0.15, 0.2) is 77.0 Å². The van der Waals surface area contributed by atoms with Gasteiger partial charge in [0.05, 0.1) is 6.42 Å². The molecule has 2 heterocycles. The van der Waals surface area contributed by atoms with Crippen LogP contribution >= 0.6 is 0 Å². The molecular formula is C43H55N3O2-2. The van der Waals surface area contributed by atoms with E-state index in [4.69, 9.17) is 4.99 Å². The van der Waals surface area contributed by atoms with Crippen molar-refractivity contribution < 1.29 is 9.90 Å². The molecule has 0 aromatic heterocycles. The predicted molar refractivity (Wildman–Crippen MR) is 202 cm³/mol. The first-order chi connectivity index (χ1) is 22.9. The number of carbonyl (C=O) groups is 1. The number of fused-ring (bicyclic) bond motifs is 2. The second kappa shape index (κ2) is 14.6. The van der Waals surface area contributed by atoms with Crippen molar-refractivity contribution in [3.8, 4) is 0 Å². The number of carboxylic acids is 1. The first kappa shape index (κ1) is 35.3. The van der Waals surface area contributed by atoms with Crippen molar-refractivity contribution in [3.05, 3.63) is 118 Å². The van der Waals surface area contributed by atoms with Crippen molar-refractivity contribution >= 4 is 23.9 Å². The van der Waals surface area contributed by atoms with E-state index in [-0.39, 0.29) is 23.8 Å². The molecule has 5 heteroatoms. The van der Waals surface area contributed by atoms with Crippen molar-refractivity contribution in [2.75, 3.05) is 24.5 Å². The molecule has 2 aromatic rings. The van der Waals surface area contributed by atoms with Gasteiger partial charge in [-0.05, 0) is 48.2 Å². The van der Waals surface area contributed by atoms with Gasteiger partial charge in [-0.15, -0.1) is 11.6 Å². The predicted octanol–water partition coefficient (Wildman–Crippen LogP) is 7.97. The summed E-state index contributed by atoms with van der Waals surface area (Å²) in [5.41, 5.74) is 8.42. The highest BCUT2D eigenvalue weighted by Gasteiger charge is 2.40. The zero-order chi connectivity index (χ0) is 34.6. The minimum absolute atomic E-state index is 0.0211. The third kappa shape index (κ3) is 7.06. The van der Waals surface area contributed by atoms with Crippen LogP contribution in [0.3, 0.4) is 0 Å². The highest BCUT2D eigenvalue weighted by atomic mass is 16.4. The maximum absolute atomic E-state index is 11.5. The Labute approximate surface area is 289 Å². The fourth-order valence-electron chi connectivity index (χ4n) is 7.64. The van der Waals surface area contributed by atoms with E-state index in [1.807, 2.05) is 0 Å². The summed E-state index contributed by atoms with van der Waals surface area (Å²) in [6, 6.07) is 14.6. The highest BCUT2D eigenvalue weighted by molar-refractivity contribution is 6.12. The normalized spacial score (nSPS) is 20.9. The van der Waals surface area contributed by atoms with Crippen molar-refractivity contribution in [1.29, 1.82) is 0 Å². The van der Waals surface area contributed by atoms with Crippen LogP contribution in [0.1, 0.15) is 103 Å². The Bertz CT molecular complexity index is 1760. The number of nitrogens with zero attached hydrogens (tertiary/aromatic N) is 3. The third-order valence-corrected chi connectivity index (χ3v) is 10.4. The van der Waals surface area contributed by atoms with Crippen LogP contribution < -0.4 is 20.1 Å². The molecule has 1 N–H and O–H groups in total. The van der Waals surface area contributed by atoms with Crippen LogP contribution in [0.2, 0.25) is 0 Å². The number of carboxylic acid groups (broad SMARTS) is 1. The van der Waals surface area contributed by atoms with E-state index in [0.29, 0.717) is 0 Å². The van der Waals surface area contributed by atoms with E-state index in [2.05, 4.69) is 125 Å². The summed E-state index contributed by atoms with van der Waals surface area (Å²) >= 11 is 0. The van der Waals surface area contributed by atoms with Gasteiger partial charge >= 0.3 is 5.97 Å². The smallest absolute Gasteiger partial charge is 0.305 e. The van der Waals surface area contributed by atoms with Gasteiger partial charge in [0.25, 0.3) is 0 Å². The fraction of sp³-hybridized carbons (Fsp3) is 0.442. The van der Waals surface area contributed by atoms with Gasteiger partial charge in [0, 0.05) is 41.3 Å². The first-order valence-electron chi connectivity index (χ1n) is 17.9. The Kier molecular flexibility index (Phi) is 10.8. The average molecular weight is 646 g/mol. The molecule has 2 aliphatic heterocycles. The van der Waals surface area contributed by atoms with Crippen molar-refractivity contribution in [1.82, 2.24) is 4.58 Å². The molecule has 1 aliphatic carbocycles. The lowest BCUT2D eigenvalue weighted by atomic mass is 9.77. The third-order valence-electron chi connectivity index (χ3n) is 10.4. The quantitative estimate of drug-likeness (QED) is 0.188. The van der Waals surface area contributed by atoms with E-state index in [0.717, 1.165) is 69.0 Å². The number of rotatable bonds is 12. The first-order valence-corrected chi connectivity index (χ1v) is 17.9. The van der Waals surface area contributed by atoms with Crippen molar-refractivity contribution in [2.45, 2.75) is 104 Å². The Balaban J connectivity index is 1.52. The Morgan fingerprint density at radius 3 is 2.62 bits per heavy atom. The zero-order valence-electron chi connectivity index (χ0n) is 30.2. The number of hydrogen-bond acceptors (Lipinski definition) is 3. The molecule has 3 aliphatic rings. The zero-order valence-corrected chi connectivity index (χ0v) is 30.2. The number of unbranched alkanes of at least 4 members (excludes halogenated alkanes) is 2. The summed E-state index contributed by atoms with van der Waals surface area (Å²) in [5, 5.41) is 11.7. The molecule has 0 bridgehead atoms. The highest BCUT2D eigenvalue weighted by Crippen LogP contribution is 2.48. The number of allylic oxidation sites excluding steroid dienone is 5. The number of benzene rings is 2. The molecule has 5 nitrogen and oxygen atoms in total. The number of aliphatic imine (C=N–C) groups is 1. The average Bonchev–Trinajstić information content (AvgIpc) is 3.38. The van der Waals surface area contributed by atoms with Crippen LogP contribution in [-0.4, -0.2) is 36.4 Å². The number of aryl methyl sites for hydroxylation is 1. The van der Waals surface area contributed by atoms with Gasteiger partial charge in [-0.2, -0.15) is 12.3 Å². The second-order valence-electron chi connectivity index (χ2n) is 14.7. The maximum atomic E-state index is 11.5. The van der Waals surface area contributed by atoms with Crippen LogP contribution in [0.5, 0.6) is 0 Å². The standard InChI is InChI=1S/C43H55N3O2/c1-9-11-26-45-36-20-16-30(3)28-34(36)42(5,6)38(45)22-18-32-14-13-15-33(41(32)44-25-24-40(47)48)19-23-39-43(7,8)35-29-31(4)17-21-37(35)46(39)27-12-10-2/h16-23,28-29H,1,3,9-15,24-27H2,2,4-8H3,(H,47,48)/q-2. The topological polar surface area (TPSA) is 55.9 Å². The monoisotopic (exact) mass is 645 g/mol. The van der Waals surface area contributed by atoms with Crippen LogP contribution in [0, 0.1) is 25.8 Å². The van der Waals surface area contributed by atoms with Gasteiger partial charge in [-0.1, -0.05) is 108 Å². The number of anilines is 1. The fourth-order valence-corrected chi connectivity index (χ4v) is 7.64. The summed E-state index contributed by atoms with van der Waals surface area (Å²) in [6.45, 7) is 24.2. The molecule has 0 unspecified atom stereocenters. The maximum Gasteiger partial charge on any atom is 0.305 e. The SMILES string of the molecule is C=c1ccc2c(c1)C(C)(C)[C-](C=C[C-]1CCCC(=CC=C3N(CCCC)c4ccc(C)cc4C3(C)C)C1=NCCC(=O)O)[N+]=2CCC[CH2-]. The van der Waals surface area contributed by atoms with Gasteiger partial charge < -0.3 is 26.5 Å². The summed E-state index contributed by atoms with van der Waals surface area (Å²) in [6.07, 6.45) is 16.2. The molecule has 0 spiro atoms. The van der Waals surface area contributed by atoms with Gasteiger partial charge in [-0.25, -0.2) is 6.08 Å². The van der Waals surface area contributed by atoms with E-state index < -0.39 is 5.97 Å². The van der Waals surface area contributed by atoms with Crippen LogP contribution in [-0.2, 0) is 15.6 Å². The molecule has 0 atom stereocenters. The van der Waals surface area contributed by atoms with E-state index in [1.165, 1.54) is 51.0 Å². The lowest BCUT2D eigenvalue weighted by Gasteiger charge is -2.37. The minimum atomic E-state index is -0.820. The largest absolute Gasteiger partial charge is 0.481 e. The molecule has 5 rings (SSSR count). The van der Waals surface area contributed by atoms with Crippen LogP contribution in [0.25, 0.3) is 6.58 Å². The summed E-state index contributed by atoms with van der Waals surface area (Å²) in [4.78, 5) is 19.0. The Morgan fingerprint density at radius 1 is 1.10 bits per heavy atom. The lowest BCUT2D eigenvalue weighted by Crippen LogP contribution is -2.33. The minimum Gasteiger partial charge on any atom is -0.481 e. The van der Waals surface area contributed by atoms with Gasteiger partial charge in [0.2, 0.25) is 0 Å². The lowest BCUT2D eigenvalue weighted by molar-refractivity contribution is -0.136. The van der Waals surface area contributed by atoms with E-state index in [1.54, 1.807) is 0 Å². The van der Waals surface area contributed by atoms with Gasteiger partial charge in [-0.3, -0.25) is 10.9 Å². The van der Waals surface area contributed by atoms with Gasteiger partial charge in [0.1, 0.15) is 11.9 Å². The number of hydrogen-bond donors (Lipinski definition) is 1. The molecule has 1 fully saturated rings. The summed E-state index contributed by atoms with van der Waals surface area (Å²) in [5.74, 6) is 0.358. The molecule has 0 amide bonds. The molecule has 48 heavy (non-hydrogen) atoms. The summed E-state index contributed by atoms with van der Waals surface area (Å²) in [7, 11) is 0. The molecule has 256 valence electrons. The van der Waals surface area contributed by atoms with Gasteiger partial charge in [0.15, 0.2) is 0 Å². The summed E-state index contributed by atoms with van der Waals surface area (Å²) < 4.78 is 2.45. The molecule has 0 radical (unpaired) electrons. The molecule has 0 saturated heterocycles.